The number of thiazole rings is 1. The number of carboxylic acids is 1. The van der Waals surface area contributed by atoms with E-state index < -0.39 is 5.97 Å². The van der Waals surface area contributed by atoms with Crippen LogP contribution in [0.5, 0.6) is 0 Å². The topological polar surface area (TPSA) is 91.3 Å². The Kier molecular flexibility index (Phi) is 6.78. The van der Waals surface area contributed by atoms with Gasteiger partial charge in [0.25, 0.3) is 0 Å². The fourth-order valence-corrected chi connectivity index (χ4v) is 1.87. The highest BCUT2D eigenvalue weighted by Crippen LogP contribution is 2.03. The van der Waals surface area contributed by atoms with Gasteiger partial charge in [-0.1, -0.05) is 6.42 Å². The molecule has 0 saturated carbocycles. The zero-order valence-electron chi connectivity index (χ0n) is 10.0. The number of unbranched alkanes of at least 4 members (excludes halogenated alkanes) is 2. The van der Waals surface area contributed by atoms with Crippen LogP contribution in [0, 0.1) is 0 Å². The van der Waals surface area contributed by atoms with Crippen molar-refractivity contribution in [3.63, 3.8) is 0 Å². The number of amides is 2. The van der Waals surface area contributed by atoms with Gasteiger partial charge in [-0.15, -0.1) is 11.3 Å². The normalized spacial score (nSPS) is 10.0. The first-order valence-corrected chi connectivity index (χ1v) is 6.67. The molecule has 0 unspecified atom stereocenters. The number of carbonyl (C=O) groups is 2. The fourth-order valence-electron chi connectivity index (χ4n) is 1.34. The Balaban J connectivity index is 1.95. The highest BCUT2D eigenvalue weighted by molar-refractivity contribution is 7.09. The minimum Gasteiger partial charge on any atom is -0.481 e. The molecule has 18 heavy (non-hydrogen) atoms. The van der Waals surface area contributed by atoms with E-state index in [0.29, 0.717) is 19.5 Å². The molecule has 6 nitrogen and oxygen atoms in total. The summed E-state index contributed by atoms with van der Waals surface area (Å²) in [4.78, 5) is 26.5. The van der Waals surface area contributed by atoms with Crippen LogP contribution >= 0.6 is 11.3 Å². The third kappa shape index (κ3) is 6.85. The van der Waals surface area contributed by atoms with Crippen molar-refractivity contribution in [3.05, 3.63) is 16.6 Å². The maximum absolute atomic E-state index is 11.3. The number of nitrogens with zero attached hydrogens (tertiary/aromatic N) is 1. The SMILES string of the molecule is O=C(O)CCCCCNC(=O)NCc1cncs1. The zero-order chi connectivity index (χ0) is 13.2. The summed E-state index contributed by atoms with van der Waals surface area (Å²) in [5, 5.41) is 13.9. The van der Waals surface area contributed by atoms with Crippen LogP contribution in [0.3, 0.4) is 0 Å². The second kappa shape index (κ2) is 8.46. The van der Waals surface area contributed by atoms with E-state index in [1.165, 1.54) is 11.3 Å². The number of urea groups is 1. The second-order valence-electron chi connectivity index (χ2n) is 3.78. The quantitative estimate of drug-likeness (QED) is 0.626. The maximum atomic E-state index is 11.3. The number of aromatic nitrogens is 1. The van der Waals surface area contributed by atoms with Crippen molar-refractivity contribution in [2.24, 2.45) is 0 Å². The van der Waals surface area contributed by atoms with Gasteiger partial charge in [-0.05, 0) is 12.8 Å². The molecular weight excluding hydrogens is 254 g/mol. The van der Waals surface area contributed by atoms with Crippen LogP contribution in [0.25, 0.3) is 0 Å². The van der Waals surface area contributed by atoms with Crippen molar-refractivity contribution >= 4 is 23.3 Å². The predicted octanol–water partition coefficient (Wildman–Crippen LogP) is 1.59. The lowest BCUT2D eigenvalue weighted by atomic mass is 10.2. The minimum absolute atomic E-state index is 0.192. The van der Waals surface area contributed by atoms with Crippen LogP contribution < -0.4 is 10.6 Å². The van der Waals surface area contributed by atoms with Crippen LogP contribution in [-0.2, 0) is 11.3 Å². The summed E-state index contributed by atoms with van der Waals surface area (Å²) in [5.41, 5.74) is 1.72. The number of nitrogens with one attached hydrogen (secondary N) is 2. The number of carbonyl (C=O) groups excluding carboxylic acids is 1. The van der Waals surface area contributed by atoms with Gasteiger partial charge in [-0.25, -0.2) is 4.79 Å². The van der Waals surface area contributed by atoms with Crippen LogP contribution in [-0.4, -0.2) is 28.6 Å². The van der Waals surface area contributed by atoms with Crippen molar-refractivity contribution < 1.29 is 14.7 Å². The van der Waals surface area contributed by atoms with Gasteiger partial charge >= 0.3 is 12.0 Å². The van der Waals surface area contributed by atoms with Crippen LogP contribution in [0.2, 0.25) is 0 Å². The van der Waals surface area contributed by atoms with Crippen molar-refractivity contribution in [3.8, 4) is 0 Å². The summed E-state index contributed by atoms with van der Waals surface area (Å²) in [6, 6.07) is -0.207. The molecular formula is C11H17N3O3S. The molecule has 0 saturated heterocycles. The molecule has 1 heterocycles. The molecule has 0 aliphatic rings. The third-order valence-corrected chi connectivity index (χ3v) is 3.04. The van der Waals surface area contributed by atoms with Crippen molar-refractivity contribution in [1.29, 1.82) is 0 Å². The molecule has 1 aromatic rings. The first-order valence-electron chi connectivity index (χ1n) is 5.79. The van der Waals surface area contributed by atoms with E-state index in [4.69, 9.17) is 5.11 Å². The Labute approximate surface area is 109 Å². The molecule has 0 aliphatic heterocycles. The highest BCUT2D eigenvalue weighted by atomic mass is 32.1. The molecule has 3 N–H and O–H groups in total. The molecule has 1 aromatic heterocycles. The van der Waals surface area contributed by atoms with E-state index in [-0.39, 0.29) is 12.5 Å². The van der Waals surface area contributed by atoms with Gasteiger partial charge < -0.3 is 15.7 Å². The molecule has 2 amide bonds. The zero-order valence-corrected chi connectivity index (χ0v) is 10.8. The lowest BCUT2D eigenvalue weighted by Crippen LogP contribution is -2.35. The third-order valence-electron chi connectivity index (χ3n) is 2.26. The number of rotatable bonds is 8. The number of carboxylic acid groups (broad SMARTS) is 1. The lowest BCUT2D eigenvalue weighted by Gasteiger charge is -2.06. The smallest absolute Gasteiger partial charge is 0.315 e. The predicted molar refractivity (Wildman–Crippen MR) is 68.5 cm³/mol. The molecule has 100 valence electrons. The molecule has 1 rings (SSSR count). The first kappa shape index (κ1) is 14.4. The van der Waals surface area contributed by atoms with Gasteiger partial charge in [0.15, 0.2) is 0 Å². The molecule has 0 spiro atoms. The van der Waals surface area contributed by atoms with Crippen molar-refractivity contribution in [2.75, 3.05) is 6.54 Å². The molecule has 7 heteroatoms. The van der Waals surface area contributed by atoms with E-state index in [0.717, 1.165) is 17.7 Å². The minimum atomic E-state index is -0.773. The monoisotopic (exact) mass is 271 g/mol. The largest absolute Gasteiger partial charge is 0.481 e. The van der Waals surface area contributed by atoms with E-state index >= 15 is 0 Å². The summed E-state index contributed by atoms with van der Waals surface area (Å²) in [7, 11) is 0. The Morgan fingerprint density at radius 1 is 1.28 bits per heavy atom. The van der Waals surface area contributed by atoms with E-state index in [1.54, 1.807) is 11.7 Å². The van der Waals surface area contributed by atoms with Crippen LogP contribution in [0.15, 0.2) is 11.7 Å². The van der Waals surface area contributed by atoms with Gasteiger partial charge in [0, 0.05) is 24.0 Å². The average molecular weight is 271 g/mol. The summed E-state index contributed by atoms with van der Waals surface area (Å²) >= 11 is 1.49. The van der Waals surface area contributed by atoms with Gasteiger partial charge in [-0.3, -0.25) is 9.78 Å². The fraction of sp³-hybridized carbons (Fsp3) is 0.545. The van der Waals surface area contributed by atoms with E-state index in [9.17, 15) is 9.59 Å². The standard InChI is InChI=1S/C11H17N3O3S/c15-10(16)4-2-1-3-5-13-11(17)14-7-9-6-12-8-18-9/h6,8H,1-5,7H2,(H,15,16)(H2,13,14,17). The number of aliphatic carboxylic acids is 1. The van der Waals surface area contributed by atoms with Gasteiger partial charge in [0.1, 0.15) is 0 Å². The summed E-state index contributed by atoms with van der Waals surface area (Å²) in [6.45, 7) is 1.05. The Bertz CT molecular complexity index is 368. The highest BCUT2D eigenvalue weighted by Gasteiger charge is 2.01. The van der Waals surface area contributed by atoms with Crippen LogP contribution in [0.4, 0.5) is 4.79 Å². The lowest BCUT2D eigenvalue weighted by molar-refractivity contribution is -0.137. The van der Waals surface area contributed by atoms with Gasteiger partial charge in [-0.2, -0.15) is 0 Å². The molecule has 0 aromatic carbocycles. The second-order valence-corrected chi connectivity index (χ2v) is 4.75. The Morgan fingerprint density at radius 2 is 2.11 bits per heavy atom. The van der Waals surface area contributed by atoms with Crippen LogP contribution in [0.1, 0.15) is 30.6 Å². The first-order chi connectivity index (χ1) is 8.68. The molecule has 0 atom stereocenters. The van der Waals surface area contributed by atoms with Crippen molar-refractivity contribution in [1.82, 2.24) is 15.6 Å². The molecule has 0 fully saturated rings. The molecule has 0 aliphatic carbocycles. The Hall–Kier alpha value is -1.63. The summed E-state index contributed by atoms with van der Waals surface area (Å²) in [5.74, 6) is -0.773. The van der Waals surface area contributed by atoms with Gasteiger partial charge in [0.2, 0.25) is 0 Å². The number of hydrogen-bond acceptors (Lipinski definition) is 4. The van der Waals surface area contributed by atoms with Gasteiger partial charge in [0.05, 0.1) is 12.1 Å². The average Bonchev–Trinajstić information content (AvgIpc) is 2.83. The molecule has 0 bridgehead atoms. The molecule has 0 radical (unpaired) electrons. The van der Waals surface area contributed by atoms with Crippen molar-refractivity contribution in [2.45, 2.75) is 32.2 Å². The van der Waals surface area contributed by atoms with E-state index in [1.807, 2.05) is 0 Å². The number of hydrogen-bond donors (Lipinski definition) is 3. The Morgan fingerprint density at radius 3 is 2.78 bits per heavy atom. The van der Waals surface area contributed by atoms with E-state index in [2.05, 4.69) is 15.6 Å². The summed E-state index contributed by atoms with van der Waals surface area (Å²) < 4.78 is 0. The summed E-state index contributed by atoms with van der Waals surface area (Å²) in [6.07, 6.45) is 4.16. The maximum Gasteiger partial charge on any atom is 0.315 e.